The second-order valence-corrected chi connectivity index (χ2v) is 11.2. The molecule has 2 aromatic carbocycles. The predicted octanol–water partition coefficient (Wildman–Crippen LogP) is 5.70. The Hall–Kier alpha value is -3.66. The first kappa shape index (κ1) is 30.8. The highest BCUT2D eigenvalue weighted by molar-refractivity contribution is 6.09. The van der Waals surface area contributed by atoms with E-state index in [1.807, 2.05) is 0 Å². The van der Waals surface area contributed by atoms with Crippen molar-refractivity contribution < 1.29 is 14.6 Å². The minimum atomic E-state index is 0.250. The number of benzene rings is 2. The van der Waals surface area contributed by atoms with Gasteiger partial charge < -0.3 is 30.2 Å². The fourth-order valence-electron chi connectivity index (χ4n) is 6.23. The number of anilines is 2. The normalized spacial score (nSPS) is 16.1. The SMILES string of the molecule is CCCCNc1nc(N)nc2c3ccccc3n(Cc3cc(C4=CCCN(C5CCOCC5)C4)ccc3OC)c12.CCO. The van der Waals surface area contributed by atoms with Gasteiger partial charge in [-0.2, -0.15) is 4.98 Å². The zero-order valence-electron chi connectivity index (χ0n) is 25.8. The molecule has 0 saturated carbocycles. The van der Waals surface area contributed by atoms with E-state index < -0.39 is 0 Å². The van der Waals surface area contributed by atoms with Crippen LogP contribution in [0.2, 0.25) is 0 Å². The van der Waals surface area contributed by atoms with Gasteiger partial charge in [-0.25, -0.2) is 4.98 Å². The number of nitrogens with zero attached hydrogens (tertiary/aromatic N) is 4. The fraction of sp³-hybridized carbons (Fsp3) is 0.471. The summed E-state index contributed by atoms with van der Waals surface area (Å²) in [5.74, 6) is 1.95. The number of aliphatic hydroxyl groups excluding tert-OH is 1. The number of unbranched alkanes of at least 4 members (excludes halogenated alkanes) is 1. The number of nitrogens with two attached hydrogens (primary N) is 1. The lowest BCUT2D eigenvalue weighted by molar-refractivity contribution is 0.0383. The van der Waals surface area contributed by atoms with Crippen molar-refractivity contribution in [3.8, 4) is 5.75 Å². The third-order valence-electron chi connectivity index (χ3n) is 8.31. The van der Waals surface area contributed by atoms with Gasteiger partial charge in [-0.05, 0) is 61.9 Å². The summed E-state index contributed by atoms with van der Waals surface area (Å²) in [7, 11) is 1.75. The number of aromatic nitrogens is 3. The molecular formula is C34H46N6O3. The molecule has 0 unspecified atom stereocenters. The molecule has 4 aromatic rings. The third-order valence-corrected chi connectivity index (χ3v) is 8.31. The summed E-state index contributed by atoms with van der Waals surface area (Å²) in [4.78, 5) is 12.0. The quantitative estimate of drug-likeness (QED) is 0.214. The lowest BCUT2D eigenvalue weighted by atomic mass is 9.96. The van der Waals surface area contributed by atoms with E-state index in [0.29, 0.717) is 12.6 Å². The maximum Gasteiger partial charge on any atom is 0.222 e. The van der Waals surface area contributed by atoms with Crippen molar-refractivity contribution >= 4 is 39.3 Å². The van der Waals surface area contributed by atoms with E-state index in [9.17, 15) is 0 Å². The summed E-state index contributed by atoms with van der Waals surface area (Å²) in [6.07, 6.45) is 7.89. The van der Waals surface area contributed by atoms with Crippen molar-refractivity contribution in [1.29, 1.82) is 0 Å². The van der Waals surface area contributed by atoms with E-state index in [-0.39, 0.29) is 12.6 Å². The highest BCUT2D eigenvalue weighted by Gasteiger charge is 2.25. The zero-order chi connectivity index (χ0) is 30.2. The second kappa shape index (κ2) is 14.7. The molecule has 1 saturated heterocycles. The van der Waals surface area contributed by atoms with Crippen LogP contribution in [0.4, 0.5) is 11.8 Å². The minimum absolute atomic E-state index is 0.250. The van der Waals surface area contributed by atoms with E-state index in [0.717, 1.165) is 104 Å². The first-order valence-corrected chi connectivity index (χ1v) is 15.6. The highest BCUT2D eigenvalue weighted by Crippen LogP contribution is 2.35. The number of methoxy groups -OCH3 is 1. The lowest BCUT2D eigenvalue weighted by Gasteiger charge is -2.37. The van der Waals surface area contributed by atoms with Crippen LogP contribution in [0.1, 0.15) is 57.1 Å². The maximum absolute atomic E-state index is 7.57. The molecule has 0 amide bonds. The molecule has 4 heterocycles. The van der Waals surface area contributed by atoms with Gasteiger partial charge in [0.1, 0.15) is 16.8 Å². The Balaban J connectivity index is 0.00000118. The highest BCUT2D eigenvalue weighted by atomic mass is 16.5. The summed E-state index contributed by atoms with van der Waals surface area (Å²) in [5.41, 5.74) is 12.9. The molecule has 9 nitrogen and oxygen atoms in total. The Kier molecular flexibility index (Phi) is 10.5. The third kappa shape index (κ3) is 6.95. The first-order chi connectivity index (χ1) is 21.1. The number of nitrogen functional groups attached to an aromatic ring is 1. The number of nitrogens with one attached hydrogen (secondary N) is 1. The molecule has 1 fully saturated rings. The summed E-state index contributed by atoms with van der Waals surface area (Å²) in [5, 5.41) is 12.2. The van der Waals surface area contributed by atoms with Gasteiger partial charge in [-0.3, -0.25) is 4.90 Å². The van der Waals surface area contributed by atoms with Crippen LogP contribution in [0.15, 0.2) is 48.5 Å². The Morgan fingerprint density at radius 2 is 1.91 bits per heavy atom. The van der Waals surface area contributed by atoms with Gasteiger partial charge in [0.25, 0.3) is 0 Å². The summed E-state index contributed by atoms with van der Waals surface area (Å²) in [6.45, 7) is 9.42. The predicted molar refractivity (Wildman–Crippen MR) is 176 cm³/mol. The number of ether oxygens (including phenoxy) is 2. The topological polar surface area (TPSA) is 111 Å². The van der Waals surface area contributed by atoms with E-state index in [1.165, 1.54) is 11.1 Å². The molecule has 2 aliphatic heterocycles. The van der Waals surface area contributed by atoms with Crippen LogP contribution in [0.3, 0.4) is 0 Å². The molecule has 6 rings (SSSR count). The second-order valence-electron chi connectivity index (χ2n) is 11.2. The van der Waals surface area contributed by atoms with Crippen molar-refractivity contribution in [2.24, 2.45) is 0 Å². The van der Waals surface area contributed by atoms with Crippen molar-refractivity contribution in [3.05, 3.63) is 59.7 Å². The Bertz CT molecular complexity index is 1540. The fourth-order valence-corrected chi connectivity index (χ4v) is 6.23. The van der Waals surface area contributed by atoms with Crippen LogP contribution in [-0.2, 0) is 11.3 Å². The van der Waals surface area contributed by atoms with Gasteiger partial charge in [-0.1, -0.05) is 43.7 Å². The number of para-hydroxylation sites is 1. The number of fused-ring (bicyclic) bond motifs is 3. The molecule has 0 aliphatic carbocycles. The van der Waals surface area contributed by atoms with Crippen LogP contribution in [0.25, 0.3) is 27.5 Å². The van der Waals surface area contributed by atoms with Crippen LogP contribution in [-0.4, -0.2) is 77.1 Å². The van der Waals surface area contributed by atoms with Crippen LogP contribution in [0.5, 0.6) is 5.75 Å². The van der Waals surface area contributed by atoms with Gasteiger partial charge in [0.05, 0.1) is 19.2 Å². The average molecular weight is 587 g/mol. The molecule has 4 N–H and O–H groups in total. The maximum atomic E-state index is 7.57. The summed E-state index contributed by atoms with van der Waals surface area (Å²) >= 11 is 0. The van der Waals surface area contributed by atoms with Crippen molar-refractivity contribution in [2.45, 2.75) is 58.5 Å². The van der Waals surface area contributed by atoms with Crippen molar-refractivity contribution in [3.63, 3.8) is 0 Å². The van der Waals surface area contributed by atoms with E-state index in [2.05, 4.69) is 75.2 Å². The minimum Gasteiger partial charge on any atom is -0.496 e. The molecule has 230 valence electrons. The average Bonchev–Trinajstić information content (AvgIpc) is 3.35. The van der Waals surface area contributed by atoms with Crippen LogP contribution in [0, 0.1) is 0 Å². The molecule has 2 aliphatic rings. The van der Waals surface area contributed by atoms with Crippen molar-refractivity contribution in [2.75, 3.05) is 57.6 Å². The van der Waals surface area contributed by atoms with Gasteiger partial charge in [0, 0.05) is 56.4 Å². The molecule has 0 spiro atoms. The first-order valence-electron chi connectivity index (χ1n) is 15.6. The van der Waals surface area contributed by atoms with E-state index in [1.54, 1.807) is 14.0 Å². The molecule has 0 atom stereocenters. The summed E-state index contributed by atoms with van der Waals surface area (Å²) < 4.78 is 13.8. The molecule has 0 radical (unpaired) electrons. The Labute approximate surface area is 254 Å². The number of aliphatic hydroxyl groups is 1. The molecule has 2 aromatic heterocycles. The standard InChI is InChI=1S/C32H40N6O2.C2H6O/c1-3-4-15-34-31-30-29(35-32(33)36-31)26-9-5-6-10-27(26)38(30)21-24-19-22(11-12-28(24)39-2)23-8-7-16-37(20-23)25-13-17-40-18-14-25;1-2-3/h5-6,8-12,19,25H,3-4,7,13-18,20-21H2,1-2H3,(H3,33,34,35,36);3H,2H2,1H3. The zero-order valence-corrected chi connectivity index (χ0v) is 25.8. The molecule has 43 heavy (non-hydrogen) atoms. The Morgan fingerprint density at radius 3 is 2.67 bits per heavy atom. The van der Waals surface area contributed by atoms with E-state index >= 15 is 0 Å². The summed E-state index contributed by atoms with van der Waals surface area (Å²) in [6, 6.07) is 15.6. The van der Waals surface area contributed by atoms with Gasteiger partial charge >= 0.3 is 0 Å². The van der Waals surface area contributed by atoms with Crippen molar-refractivity contribution in [1.82, 2.24) is 19.4 Å². The Morgan fingerprint density at radius 1 is 1.12 bits per heavy atom. The van der Waals surface area contributed by atoms with Gasteiger partial charge in [-0.15, -0.1) is 0 Å². The monoisotopic (exact) mass is 586 g/mol. The molecule has 0 bridgehead atoms. The number of hydrogen-bond acceptors (Lipinski definition) is 8. The number of rotatable bonds is 9. The van der Waals surface area contributed by atoms with Gasteiger partial charge in [0.15, 0.2) is 5.82 Å². The van der Waals surface area contributed by atoms with Crippen LogP contribution >= 0.6 is 0 Å². The molecule has 9 heteroatoms. The smallest absolute Gasteiger partial charge is 0.222 e. The number of hydrogen-bond donors (Lipinski definition) is 3. The van der Waals surface area contributed by atoms with Crippen LogP contribution < -0.4 is 15.8 Å². The van der Waals surface area contributed by atoms with Gasteiger partial charge in [0.2, 0.25) is 5.95 Å². The van der Waals surface area contributed by atoms with E-state index in [4.69, 9.17) is 25.3 Å². The lowest BCUT2D eigenvalue weighted by Crippen LogP contribution is -2.42. The molecular weight excluding hydrogens is 540 g/mol. The largest absolute Gasteiger partial charge is 0.496 e.